The zero-order valence-corrected chi connectivity index (χ0v) is 20.6. The first kappa shape index (κ1) is 24.7. The van der Waals surface area contributed by atoms with E-state index in [2.05, 4.69) is 10.3 Å². The Hall–Kier alpha value is -1.98. The van der Waals surface area contributed by atoms with Crippen molar-refractivity contribution in [2.24, 2.45) is 4.99 Å². The van der Waals surface area contributed by atoms with E-state index in [1.807, 2.05) is 0 Å². The summed E-state index contributed by atoms with van der Waals surface area (Å²) in [5.41, 5.74) is -0.00102. The number of carbonyl (C=O) groups excluding carboxylic acids is 2. The number of sulfone groups is 1. The third kappa shape index (κ3) is 6.08. The second kappa shape index (κ2) is 9.48. The Balaban J connectivity index is 1.75. The van der Waals surface area contributed by atoms with Gasteiger partial charge in [0.05, 0.1) is 29.7 Å². The molecule has 0 saturated carbocycles. The van der Waals surface area contributed by atoms with E-state index >= 15 is 0 Å². The molecule has 1 aromatic carbocycles. The summed E-state index contributed by atoms with van der Waals surface area (Å²) < 4.78 is 34.7. The molecule has 176 valence electrons. The van der Waals surface area contributed by atoms with E-state index in [0.29, 0.717) is 21.6 Å². The highest BCUT2D eigenvalue weighted by Gasteiger charge is 2.49. The zero-order chi connectivity index (χ0) is 23.7. The fourth-order valence-corrected chi connectivity index (χ4v) is 7.60. The van der Waals surface area contributed by atoms with Gasteiger partial charge in [0.2, 0.25) is 5.91 Å². The molecule has 2 heterocycles. The molecule has 2 amide bonds. The maximum Gasteiger partial charge on any atom is 0.407 e. The molecule has 2 aliphatic heterocycles. The molecule has 32 heavy (non-hydrogen) atoms. The van der Waals surface area contributed by atoms with E-state index in [0.717, 1.165) is 0 Å². The minimum atomic E-state index is -3.18. The van der Waals surface area contributed by atoms with Crippen LogP contribution in [0, 0.1) is 0 Å². The first-order valence-electron chi connectivity index (χ1n) is 9.97. The number of halogens is 1. The largest absolute Gasteiger partial charge is 0.495 e. The predicted octanol–water partition coefficient (Wildman–Crippen LogP) is 2.86. The van der Waals surface area contributed by atoms with Crippen LogP contribution in [0.5, 0.6) is 5.75 Å². The summed E-state index contributed by atoms with van der Waals surface area (Å²) in [5, 5.41) is 3.08. The number of fused-ring (bicyclic) bond motifs is 1. The number of hydrogen-bond acceptors (Lipinski definition) is 7. The quantitative estimate of drug-likeness (QED) is 0.652. The van der Waals surface area contributed by atoms with Gasteiger partial charge in [-0.15, -0.1) is 0 Å². The van der Waals surface area contributed by atoms with E-state index in [4.69, 9.17) is 21.1 Å². The van der Waals surface area contributed by atoms with Crippen LogP contribution in [-0.2, 0) is 19.4 Å². The third-order valence-electron chi connectivity index (χ3n) is 4.71. The number of nitrogens with one attached hydrogen (secondary N) is 1. The van der Waals surface area contributed by atoms with Crippen molar-refractivity contribution in [3.05, 3.63) is 23.2 Å². The number of benzene rings is 1. The molecule has 0 bridgehead atoms. The molecule has 9 nitrogen and oxygen atoms in total. The number of amidine groups is 1. The van der Waals surface area contributed by atoms with Crippen LogP contribution in [0.15, 0.2) is 23.2 Å². The second-order valence-corrected chi connectivity index (χ2v) is 12.2. The van der Waals surface area contributed by atoms with E-state index < -0.39 is 27.4 Å². The van der Waals surface area contributed by atoms with Gasteiger partial charge in [-0.05, 0) is 39.0 Å². The Bertz CT molecular complexity index is 1040. The molecule has 1 aromatic rings. The van der Waals surface area contributed by atoms with Crippen LogP contribution in [-0.4, -0.2) is 67.6 Å². The summed E-state index contributed by atoms with van der Waals surface area (Å²) in [6.07, 6.45) is -0.629. The summed E-state index contributed by atoms with van der Waals surface area (Å²) in [6.45, 7) is 5.32. The number of amides is 2. The van der Waals surface area contributed by atoms with Crippen LogP contribution in [0.1, 0.15) is 27.2 Å². The normalized spacial score (nSPS) is 23.2. The Labute approximate surface area is 196 Å². The van der Waals surface area contributed by atoms with E-state index in [1.165, 1.54) is 18.9 Å². The lowest BCUT2D eigenvalue weighted by atomic mass is 10.2. The molecule has 2 fully saturated rings. The highest BCUT2D eigenvalue weighted by molar-refractivity contribution is 8.16. The molecule has 3 rings (SSSR count). The number of nitrogens with zero attached hydrogens (tertiary/aromatic N) is 2. The van der Waals surface area contributed by atoms with Crippen LogP contribution < -0.4 is 15.0 Å². The molecule has 0 aliphatic carbocycles. The molecule has 0 unspecified atom stereocenters. The topological polar surface area (TPSA) is 114 Å². The minimum Gasteiger partial charge on any atom is -0.495 e. The molecule has 0 spiro atoms. The number of hydrogen-bond donors (Lipinski definition) is 1. The van der Waals surface area contributed by atoms with Crippen LogP contribution in [0.4, 0.5) is 10.5 Å². The average molecular weight is 504 g/mol. The lowest BCUT2D eigenvalue weighted by Crippen LogP contribution is -2.38. The fraction of sp³-hybridized carbons (Fsp3) is 0.550. The van der Waals surface area contributed by atoms with Crippen molar-refractivity contribution >= 4 is 56.1 Å². The lowest BCUT2D eigenvalue weighted by Gasteiger charge is -2.25. The van der Waals surface area contributed by atoms with Gasteiger partial charge in [0.25, 0.3) is 0 Å². The standard InChI is InChI=1S/C20H26ClN3O6S2/c1-20(2,3)30-19(26)22-8-7-17(25)23-18-24(12-5-6-15(29-4)13(21)9-12)14-10-32(27,28)11-16(14)31-18/h5-6,9,14,16H,7-8,10-11H2,1-4H3,(H,22,26)/t14-,16+/m0/s1. The number of methoxy groups -OCH3 is 1. The summed E-state index contributed by atoms with van der Waals surface area (Å²) in [7, 11) is -1.68. The first-order chi connectivity index (χ1) is 14.9. The molecule has 2 atom stereocenters. The van der Waals surface area contributed by atoms with Crippen molar-refractivity contribution in [3.63, 3.8) is 0 Å². The first-order valence-corrected chi connectivity index (χ1v) is 13.0. The molecular formula is C20H26ClN3O6S2. The Morgan fingerprint density at radius 3 is 2.66 bits per heavy atom. The van der Waals surface area contributed by atoms with Crippen LogP contribution >= 0.6 is 23.4 Å². The molecule has 0 aromatic heterocycles. The average Bonchev–Trinajstić information content (AvgIpc) is 3.10. The van der Waals surface area contributed by atoms with Crippen molar-refractivity contribution in [2.75, 3.05) is 30.1 Å². The second-order valence-electron chi connectivity index (χ2n) is 8.46. The zero-order valence-electron chi connectivity index (χ0n) is 18.3. The monoisotopic (exact) mass is 503 g/mol. The predicted molar refractivity (Wildman–Crippen MR) is 126 cm³/mol. The summed E-state index contributed by atoms with van der Waals surface area (Å²) in [4.78, 5) is 30.2. The minimum absolute atomic E-state index is 0.0197. The van der Waals surface area contributed by atoms with Gasteiger partial charge < -0.3 is 19.7 Å². The van der Waals surface area contributed by atoms with Gasteiger partial charge in [-0.1, -0.05) is 23.4 Å². The van der Waals surface area contributed by atoms with Crippen molar-refractivity contribution in [1.29, 1.82) is 0 Å². The van der Waals surface area contributed by atoms with E-state index in [1.54, 1.807) is 43.9 Å². The number of ether oxygens (including phenoxy) is 2. The van der Waals surface area contributed by atoms with Crippen LogP contribution in [0.2, 0.25) is 5.02 Å². The van der Waals surface area contributed by atoms with Crippen LogP contribution in [0.3, 0.4) is 0 Å². The van der Waals surface area contributed by atoms with E-state index in [-0.39, 0.29) is 35.8 Å². The van der Waals surface area contributed by atoms with Gasteiger partial charge in [0.15, 0.2) is 15.0 Å². The van der Waals surface area contributed by atoms with Gasteiger partial charge in [-0.25, -0.2) is 13.2 Å². The van der Waals surface area contributed by atoms with Gasteiger partial charge in [0.1, 0.15) is 11.4 Å². The maximum absolute atomic E-state index is 12.5. The maximum atomic E-state index is 12.5. The van der Waals surface area contributed by atoms with Crippen molar-refractivity contribution in [1.82, 2.24) is 5.32 Å². The van der Waals surface area contributed by atoms with Crippen molar-refractivity contribution in [2.45, 2.75) is 44.1 Å². The Morgan fingerprint density at radius 2 is 2.03 bits per heavy atom. The molecular weight excluding hydrogens is 478 g/mol. The summed E-state index contributed by atoms with van der Waals surface area (Å²) >= 11 is 7.54. The Morgan fingerprint density at radius 1 is 1.31 bits per heavy atom. The molecule has 1 N–H and O–H groups in total. The highest BCUT2D eigenvalue weighted by atomic mass is 35.5. The number of rotatable bonds is 5. The lowest BCUT2D eigenvalue weighted by molar-refractivity contribution is -0.117. The fourth-order valence-electron chi connectivity index (χ4n) is 3.42. The molecule has 12 heteroatoms. The van der Waals surface area contributed by atoms with E-state index in [9.17, 15) is 18.0 Å². The number of thioether (sulfide) groups is 1. The summed E-state index contributed by atoms with van der Waals surface area (Å²) in [6, 6.07) is 4.76. The SMILES string of the molecule is COc1ccc(N2C(=NC(=O)CCNC(=O)OC(C)(C)C)S[C@@H]3CS(=O)(=O)C[C@@H]32)cc1Cl. The number of anilines is 1. The van der Waals surface area contributed by atoms with Gasteiger partial charge in [0, 0.05) is 23.9 Å². The van der Waals surface area contributed by atoms with Gasteiger partial charge in [-0.2, -0.15) is 4.99 Å². The Kier molecular flexibility index (Phi) is 7.31. The highest BCUT2D eigenvalue weighted by Crippen LogP contribution is 2.42. The smallest absolute Gasteiger partial charge is 0.407 e. The van der Waals surface area contributed by atoms with Gasteiger partial charge >= 0.3 is 6.09 Å². The van der Waals surface area contributed by atoms with Gasteiger partial charge in [-0.3, -0.25) is 4.79 Å². The summed E-state index contributed by atoms with van der Waals surface area (Å²) in [5.74, 6) is 0.0503. The number of carbonyl (C=O) groups is 2. The molecule has 2 saturated heterocycles. The molecule has 0 radical (unpaired) electrons. The third-order valence-corrected chi connectivity index (χ3v) is 8.21. The number of aliphatic imine (C=N–C) groups is 1. The van der Waals surface area contributed by atoms with Crippen molar-refractivity contribution < 1.29 is 27.5 Å². The number of alkyl carbamates (subject to hydrolysis) is 1. The molecule has 2 aliphatic rings. The van der Waals surface area contributed by atoms with Crippen molar-refractivity contribution in [3.8, 4) is 5.75 Å². The van der Waals surface area contributed by atoms with Crippen LogP contribution in [0.25, 0.3) is 0 Å².